The highest BCUT2D eigenvalue weighted by Gasteiger charge is 2.25. The molecule has 1 aliphatic carbocycles. The van der Waals surface area contributed by atoms with E-state index in [1.165, 1.54) is 36.8 Å². The molecule has 0 bridgehead atoms. The Kier molecular flexibility index (Phi) is 5.60. The fourth-order valence-corrected chi connectivity index (χ4v) is 4.32. The number of carbonyl (C=O) groups is 1. The maximum Gasteiger partial charge on any atom is 0.303 e. The number of rotatable bonds is 5. The van der Waals surface area contributed by atoms with E-state index in [0.29, 0.717) is 18.3 Å². The van der Waals surface area contributed by atoms with E-state index in [0.717, 1.165) is 38.0 Å². The van der Waals surface area contributed by atoms with E-state index in [1.54, 1.807) is 0 Å². The molecule has 130 valence electrons. The van der Waals surface area contributed by atoms with Gasteiger partial charge in [0, 0.05) is 25.2 Å². The summed E-state index contributed by atoms with van der Waals surface area (Å²) in [4.78, 5) is 13.4. The van der Waals surface area contributed by atoms with Gasteiger partial charge in [-0.15, -0.1) is 0 Å². The Labute approximate surface area is 145 Å². The molecule has 1 aromatic carbocycles. The van der Waals surface area contributed by atoms with E-state index in [4.69, 9.17) is 5.11 Å². The van der Waals surface area contributed by atoms with Gasteiger partial charge in [0.1, 0.15) is 0 Å². The van der Waals surface area contributed by atoms with Crippen LogP contribution in [0.25, 0.3) is 5.70 Å². The molecule has 1 aliphatic heterocycles. The molecule has 2 aliphatic rings. The lowest BCUT2D eigenvalue weighted by atomic mass is 9.76. The molecule has 0 spiro atoms. The molecule has 0 aromatic heterocycles. The van der Waals surface area contributed by atoms with Crippen molar-refractivity contribution < 1.29 is 9.90 Å². The number of hydrogen-bond donors (Lipinski definition) is 1. The highest BCUT2D eigenvalue weighted by atomic mass is 16.4. The Morgan fingerprint density at radius 2 is 1.79 bits per heavy atom. The molecule has 3 heteroatoms. The van der Waals surface area contributed by atoms with Crippen molar-refractivity contribution >= 4 is 11.7 Å². The number of nitrogens with zero attached hydrogens (tertiary/aromatic N) is 1. The van der Waals surface area contributed by atoms with Crippen molar-refractivity contribution in [3.8, 4) is 0 Å². The monoisotopic (exact) mass is 327 g/mol. The molecule has 3 rings (SSSR count). The predicted molar refractivity (Wildman–Crippen MR) is 97.9 cm³/mol. The van der Waals surface area contributed by atoms with Gasteiger partial charge in [0.05, 0.1) is 0 Å². The van der Waals surface area contributed by atoms with Gasteiger partial charge < -0.3 is 10.0 Å². The standard InChI is InChI=1S/C21H29NO2/c1-16(22-12-3-2-4-13-22)18-8-10-19(11-9-18)20-7-5-6-17(14-20)15-21(23)24/h8-11,17,20H,1-7,12-15H2,(H,23,24). The molecule has 24 heavy (non-hydrogen) atoms. The molecular weight excluding hydrogens is 298 g/mol. The van der Waals surface area contributed by atoms with E-state index in [9.17, 15) is 4.79 Å². The lowest BCUT2D eigenvalue weighted by molar-refractivity contribution is -0.138. The molecule has 0 amide bonds. The van der Waals surface area contributed by atoms with Crippen LogP contribution in [0.3, 0.4) is 0 Å². The molecule has 1 aromatic rings. The average molecular weight is 327 g/mol. The topological polar surface area (TPSA) is 40.5 Å². The van der Waals surface area contributed by atoms with Crippen molar-refractivity contribution in [3.63, 3.8) is 0 Å². The van der Waals surface area contributed by atoms with Crippen LogP contribution in [0.4, 0.5) is 0 Å². The molecular formula is C21H29NO2. The minimum absolute atomic E-state index is 0.320. The van der Waals surface area contributed by atoms with Gasteiger partial charge in [-0.2, -0.15) is 0 Å². The summed E-state index contributed by atoms with van der Waals surface area (Å²) in [5.74, 6) is 0.193. The Morgan fingerprint density at radius 3 is 2.46 bits per heavy atom. The summed E-state index contributed by atoms with van der Waals surface area (Å²) in [6, 6.07) is 8.87. The van der Waals surface area contributed by atoms with Gasteiger partial charge in [-0.1, -0.05) is 37.3 Å². The van der Waals surface area contributed by atoms with E-state index in [2.05, 4.69) is 35.7 Å². The number of aliphatic carboxylic acids is 1. The average Bonchev–Trinajstić information content (AvgIpc) is 2.62. The lowest BCUT2D eigenvalue weighted by Crippen LogP contribution is -2.27. The van der Waals surface area contributed by atoms with E-state index < -0.39 is 5.97 Å². The first kappa shape index (κ1) is 17.1. The van der Waals surface area contributed by atoms with Gasteiger partial charge in [-0.3, -0.25) is 4.79 Å². The zero-order chi connectivity index (χ0) is 16.9. The summed E-state index contributed by atoms with van der Waals surface area (Å²) in [7, 11) is 0. The fraction of sp³-hybridized carbons (Fsp3) is 0.571. The molecule has 3 nitrogen and oxygen atoms in total. The quantitative estimate of drug-likeness (QED) is 0.837. The maximum absolute atomic E-state index is 11.0. The van der Waals surface area contributed by atoms with Crippen LogP contribution >= 0.6 is 0 Å². The first-order valence-electron chi connectivity index (χ1n) is 9.39. The normalized spacial score (nSPS) is 24.6. The molecule has 2 unspecified atom stereocenters. The second kappa shape index (κ2) is 7.87. The van der Waals surface area contributed by atoms with Gasteiger partial charge in [-0.05, 0) is 61.5 Å². The van der Waals surface area contributed by atoms with E-state index in [-0.39, 0.29) is 0 Å². The van der Waals surface area contributed by atoms with Gasteiger partial charge >= 0.3 is 5.97 Å². The van der Waals surface area contributed by atoms with Crippen LogP contribution in [-0.4, -0.2) is 29.1 Å². The van der Waals surface area contributed by atoms with Crippen LogP contribution in [0.5, 0.6) is 0 Å². The SMILES string of the molecule is C=C(c1ccc(C2CCCC(CC(=O)O)C2)cc1)N1CCCCC1. The first-order chi connectivity index (χ1) is 11.6. The summed E-state index contributed by atoms with van der Waals surface area (Å²) in [5, 5.41) is 9.03. The molecule has 2 fully saturated rings. The summed E-state index contributed by atoms with van der Waals surface area (Å²) in [6.07, 6.45) is 8.59. The maximum atomic E-state index is 11.0. The van der Waals surface area contributed by atoms with Crippen LogP contribution in [-0.2, 0) is 4.79 Å². The van der Waals surface area contributed by atoms with Crippen molar-refractivity contribution in [2.75, 3.05) is 13.1 Å². The van der Waals surface area contributed by atoms with Crippen molar-refractivity contribution in [1.29, 1.82) is 0 Å². The van der Waals surface area contributed by atoms with Crippen molar-refractivity contribution in [1.82, 2.24) is 4.90 Å². The second-order valence-corrected chi connectivity index (χ2v) is 7.44. The fourth-order valence-electron chi connectivity index (χ4n) is 4.32. The number of benzene rings is 1. The largest absolute Gasteiger partial charge is 0.481 e. The number of likely N-dealkylation sites (tertiary alicyclic amines) is 1. The van der Waals surface area contributed by atoms with Crippen LogP contribution < -0.4 is 0 Å². The predicted octanol–water partition coefficient (Wildman–Crippen LogP) is 4.89. The smallest absolute Gasteiger partial charge is 0.303 e. The van der Waals surface area contributed by atoms with Crippen molar-refractivity contribution in [2.45, 2.75) is 57.3 Å². The number of hydrogen-bond acceptors (Lipinski definition) is 2. The summed E-state index contributed by atoms with van der Waals surface area (Å²) in [5.41, 5.74) is 3.73. The van der Waals surface area contributed by atoms with Crippen molar-refractivity contribution in [3.05, 3.63) is 42.0 Å². The third kappa shape index (κ3) is 4.19. The third-order valence-corrected chi connectivity index (χ3v) is 5.70. The zero-order valence-electron chi connectivity index (χ0n) is 14.5. The van der Waals surface area contributed by atoms with Crippen LogP contribution in [0.1, 0.15) is 68.4 Å². The highest BCUT2D eigenvalue weighted by molar-refractivity contribution is 5.67. The summed E-state index contributed by atoms with van der Waals surface area (Å²) >= 11 is 0. The zero-order valence-corrected chi connectivity index (χ0v) is 14.5. The summed E-state index contributed by atoms with van der Waals surface area (Å²) in [6.45, 7) is 6.55. The first-order valence-corrected chi connectivity index (χ1v) is 9.39. The van der Waals surface area contributed by atoms with Gasteiger partial charge in [-0.25, -0.2) is 0 Å². The minimum atomic E-state index is -0.658. The number of piperidine rings is 1. The van der Waals surface area contributed by atoms with Crippen LogP contribution in [0.15, 0.2) is 30.8 Å². The molecule has 1 N–H and O–H groups in total. The van der Waals surface area contributed by atoms with Gasteiger partial charge in [0.25, 0.3) is 0 Å². The van der Waals surface area contributed by atoms with Crippen LogP contribution in [0, 0.1) is 5.92 Å². The molecule has 1 heterocycles. The summed E-state index contributed by atoms with van der Waals surface area (Å²) < 4.78 is 0. The lowest BCUT2D eigenvalue weighted by Gasteiger charge is -2.31. The molecule has 2 atom stereocenters. The Balaban J connectivity index is 1.63. The van der Waals surface area contributed by atoms with Crippen molar-refractivity contribution in [2.24, 2.45) is 5.92 Å². The minimum Gasteiger partial charge on any atom is -0.481 e. The Bertz CT molecular complexity index is 572. The number of carboxylic acid groups (broad SMARTS) is 1. The second-order valence-electron chi connectivity index (χ2n) is 7.44. The van der Waals surface area contributed by atoms with Crippen LogP contribution in [0.2, 0.25) is 0 Å². The van der Waals surface area contributed by atoms with Gasteiger partial charge in [0.15, 0.2) is 0 Å². The number of carboxylic acids is 1. The molecule has 1 saturated carbocycles. The molecule has 0 radical (unpaired) electrons. The molecule has 1 saturated heterocycles. The third-order valence-electron chi connectivity index (χ3n) is 5.70. The van der Waals surface area contributed by atoms with Gasteiger partial charge in [0.2, 0.25) is 0 Å². The van der Waals surface area contributed by atoms with E-state index in [1.807, 2.05) is 0 Å². The highest BCUT2D eigenvalue weighted by Crippen LogP contribution is 2.38. The Hall–Kier alpha value is -1.77. The van der Waals surface area contributed by atoms with E-state index >= 15 is 0 Å². The Morgan fingerprint density at radius 1 is 1.08 bits per heavy atom.